The van der Waals surface area contributed by atoms with Gasteiger partial charge >= 0.3 is 0 Å². The molecule has 2 unspecified atom stereocenters. The Morgan fingerprint density at radius 3 is 2.68 bits per heavy atom. The number of halogens is 2. The van der Waals surface area contributed by atoms with Crippen LogP contribution in [0, 0.1) is 5.41 Å². The van der Waals surface area contributed by atoms with E-state index in [-0.39, 0.29) is 11.5 Å². The van der Waals surface area contributed by atoms with Crippen molar-refractivity contribution >= 4 is 17.6 Å². The van der Waals surface area contributed by atoms with E-state index in [9.17, 15) is 4.39 Å². The molecule has 2 saturated carbocycles. The Morgan fingerprint density at radius 1 is 1.19 bits per heavy atom. The van der Waals surface area contributed by atoms with Crippen LogP contribution in [-0.2, 0) is 0 Å². The maximum Gasteiger partial charge on any atom is 0.224 e. The maximum absolute atomic E-state index is 14.8. The largest absolute Gasteiger partial charge is 0.351 e. The minimum absolute atomic E-state index is 0.0798. The quantitative estimate of drug-likeness (QED) is 0.532. The Hall–Kier alpha value is -2.33. The highest BCUT2D eigenvalue weighted by molar-refractivity contribution is 5.53. The molecular formula is C21H32F2N8. The van der Waals surface area contributed by atoms with E-state index in [2.05, 4.69) is 54.8 Å². The summed E-state index contributed by atoms with van der Waals surface area (Å²) in [6.07, 6.45) is 8.43. The molecule has 1 spiro atoms. The third-order valence-corrected chi connectivity index (χ3v) is 6.95. The van der Waals surface area contributed by atoms with Gasteiger partial charge in [-0.05, 0) is 45.2 Å². The second-order valence-corrected chi connectivity index (χ2v) is 9.20. The van der Waals surface area contributed by atoms with Gasteiger partial charge in [-0.2, -0.15) is 16.0 Å². The Labute approximate surface area is 181 Å². The van der Waals surface area contributed by atoms with Gasteiger partial charge < -0.3 is 15.5 Å². The van der Waals surface area contributed by atoms with E-state index < -0.39 is 6.17 Å². The molecule has 0 aromatic carbocycles. The molecule has 3 heterocycles. The molecule has 0 amide bonds. The van der Waals surface area contributed by atoms with Gasteiger partial charge in [-0.25, -0.2) is 9.37 Å². The minimum atomic E-state index is -0.760. The fourth-order valence-corrected chi connectivity index (χ4v) is 5.41. The first kappa shape index (κ1) is 21.9. The van der Waals surface area contributed by atoms with Crippen molar-refractivity contribution < 1.29 is 8.87 Å². The third-order valence-electron chi connectivity index (χ3n) is 6.95. The molecule has 2 aromatic rings. The number of hydrogen-bond donors (Lipinski definition) is 4. The van der Waals surface area contributed by atoms with Gasteiger partial charge in [0.25, 0.3) is 0 Å². The van der Waals surface area contributed by atoms with Crippen LogP contribution in [0.15, 0.2) is 18.3 Å². The molecule has 1 saturated heterocycles. The number of H-pyrrole nitrogens is 1. The van der Waals surface area contributed by atoms with Crippen LogP contribution in [0.25, 0.3) is 0 Å². The topological polar surface area (TPSA) is 108 Å². The summed E-state index contributed by atoms with van der Waals surface area (Å²) in [5.74, 6) is 5.60. The summed E-state index contributed by atoms with van der Waals surface area (Å²) in [6, 6.07) is 3.98. The third kappa shape index (κ3) is 4.79. The van der Waals surface area contributed by atoms with Crippen molar-refractivity contribution in [2.24, 2.45) is 11.4 Å². The summed E-state index contributed by atoms with van der Waals surface area (Å²) in [6.45, 7) is 1.76. The first-order valence-electron chi connectivity index (χ1n) is 11.1. The Balaban J connectivity index is 0.00000112. The lowest BCUT2D eigenvalue weighted by atomic mass is 9.66. The van der Waals surface area contributed by atoms with Crippen LogP contribution in [0.3, 0.4) is 0 Å². The molecule has 170 valence electrons. The summed E-state index contributed by atoms with van der Waals surface area (Å²) in [5, 5.41) is 14.1. The normalized spacial score (nSPS) is 25.5. The van der Waals surface area contributed by atoms with Gasteiger partial charge in [0.05, 0.1) is 0 Å². The number of hydrogen-bond acceptors (Lipinski definition) is 7. The highest BCUT2D eigenvalue weighted by atomic mass is 19.2. The van der Waals surface area contributed by atoms with E-state index >= 15 is 0 Å². The maximum atomic E-state index is 14.8. The molecule has 3 aliphatic rings. The zero-order valence-electron chi connectivity index (χ0n) is 18.0. The van der Waals surface area contributed by atoms with Crippen molar-refractivity contribution in [3.8, 4) is 0 Å². The number of anilines is 3. The predicted octanol–water partition coefficient (Wildman–Crippen LogP) is 3.66. The summed E-state index contributed by atoms with van der Waals surface area (Å²) in [7, 11) is 2.06. The van der Waals surface area contributed by atoms with Gasteiger partial charge in [-0.1, -0.05) is 12.8 Å². The first-order valence-corrected chi connectivity index (χ1v) is 11.1. The van der Waals surface area contributed by atoms with Gasteiger partial charge in [0, 0.05) is 48.4 Å². The first-order chi connectivity index (χ1) is 15.1. The molecule has 3 fully saturated rings. The number of aromatic nitrogens is 4. The van der Waals surface area contributed by atoms with E-state index in [4.69, 9.17) is 4.48 Å². The fourth-order valence-electron chi connectivity index (χ4n) is 5.41. The monoisotopic (exact) mass is 434 g/mol. The van der Waals surface area contributed by atoms with Crippen molar-refractivity contribution in [1.29, 1.82) is 0 Å². The van der Waals surface area contributed by atoms with Crippen molar-refractivity contribution in [1.82, 2.24) is 25.1 Å². The molecule has 2 aromatic heterocycles. The predicted molar refractivity (Wildman–Crippen MR) is 116 cm³/mol. The van der Waals surface area contributed by atoms with E-state index in [1.807, 2.05) is 6.07 Å². The van der Waals surface area contributed by atoms with Gasteiger partial charge in [0.2, 0.25) is 5.95 Å². The van der Waals surface area contributed by atoms with Crippen LogP contribution < -0.4 is 16.6 Å². The number of rotatable bonds is 5. The van der Waals surface area contributed by atoms with Crippen LogP contribution in [0.1, 0.15) is 56.6 Å². The zero-order chi connectivity index (χ0) is 21.8. The number of nitrogens with one attached hydrogen (secondary N) is 3. The molecule has 2 atom stereocenters. The second-order valence-electron chi connectivity index (χ2n) is 9.20. The van der Waals surface area contributed by atoms with Crippen molar-refractivity contribution in [2.45, 2.75) is 63.1 Å². The highest BCUT2D eigenvalue weighted by Crippen LogP contribution is 2.45. The van der Waals surface area contributed by atoms with Crippen LogP contribution in [0.5, 0.6) is 0 Å². The molecule has 2 aliphatic carbocycles. The molecule has 10 heteroatoms. The van der Waals surface area contributed by atoms with Gasteiger partial charge in [-0.15, -0.1) is 4.48 Å². The Bertz CT molecular complexity index is 847. The fraction of sp³-hybridized carbons (Fsp3) is 0.667. The molecule has 8 nitrogen and oxygen atoms in total. The lowest BCUT2D eigenvalue weighted by Gasteiger charge is -2.54. The smallest absolute Gasteiger partial charge is 0.224 e. The van der Waals surface area contributed by atoms with Gasteiger partial charge in [0.1, 0.15) is 12.0 Å². The van der Waals surface area contributed by atoms with E-state index in [1.165, 1.54) is 31.4 Å². The lowest BCUT2D eigenvalue weighted by molar-refractivity contribution is -0.0728. The van der Waals surface area contributed by atoms with Crippen LogP contribution in [0.2, 0.25) is 0 Å². The van der Waals surface area contributed by atoms with Crippen molar-refractivity contribution in [2.75, 3.05) is 30.8 Å². The van der Waals surface area contributed by atoms with E-state index in [0.29, 0.717) is 24.1 Å². The molecule has 5 rings (SSSR count). The zero-order valence-corrected chi connectivity index (χ0v) is 18.0. The van der Waals surface area contributed by atoms with Crippen LogP contribution in [-0.4, -0.2) is 57.4 Å². The lowest BCUT2D eigenvalue weighted by Crippen LogP contribution is -2.61. The van der Waals surface area contributed by atoms with Crippen molar-refractivity contribution in [3.05, 3.63) is 24.0 Å². The summed E-state index contributed by atoms with van der Waals surface area (Å²) >= 11 is 0. The van der Waals surface area contributed by atoms with Gasteiger partial charge in [-0.3, -0.25) is 5.10 Å². The standard InChI is InChI=1S/C21H30FN7.FH2N/c1-29-12-21(13-29)8-6-15(10-17(21)22)24-20-23-9-7-18(26-20)25-19-11-16(27-28-19)14-4-2-3-5-14;1-2/h7,9,11,14-15,17H,2-6,8,10,12-13H2,1H3,(H3,23,24,25,26,27,28);2H2. The van der Waals surface area contributed by atoms with Crippen LogP contribution in [0.4, 0.5) is 26.5 Å². The van der Waals surface area contributed by atoms with Crippen molar-refractivity contribution in [3.63, 3.8) is 0 Å². The minimum Gasteiger partial charge on any atom is -0.351 e. The molecular weight excluding hydrogens is 402 g/mol. The Morgan fingerprint density at radius 2 is 1.97 bits per heavy atom. The van der Waals surface area contributed by atoms with Gasteiger partial charge in [0.15, 0.2) is 5.82 Å². The molecule has 0 radical (unpaired) electrons. The molecule has 0 bridgehead atoms. The molecule has 31 heavy (non-hydrogen) atoms. The summed E-state index contributed by atoms with van der Waals surface area (Å²) in [4.78, 5) is 11.1. The number of nitrogens with two attached hydrogens (primary N) is 1. The molecule has 1 aliphatic heterocycles. The van der Waals surface area contributed by atoms with Crippen LogP contribution >= 0.6 is 0 Å². The molecule has 5 N–H and O–H groups in total. The number of aromatic amines is 1. The average Bonchev–Trinajstić information content (AvgIpc) is 3.43. The van der Waals surface area contributed by atoms with E-state index in [0.717, 1.165) is 31.7 Å². The second kappa shape index (κ2) is 9.44. The Kier molecular flexibility index (Phi) is 6.66. The number of alkyl halides is 1. The average molecular weight is 435 g/mol. The number of likely N-dealkylation sites (tertiary alicyclic amines) is 1. The highest BCUT2D eigenvalue weighted by Gasteiger charge is 2.50. The summed E-state index contributed by atoms with van der Waals surface area (Å²) in [5.41, 5.74) is 1.08. The SMILES string of the molecule is CN1CC2(CCC(Nc3nccc(Nc4cc(C5CCCC5)[nH]n4)n3)CC2F)C1.NF. The summed E-state index contributed by atoms with van der Waals surface area (Å²) < 4.78 is 23.8. The number of nitrogens with zero attached hydrogens (tertiary/aromatic N) is 4. The van der Waals surface area contributed by atoms with E-state index in [1.54, 1.807) is 6.20 Å².